The summed E-state index contributed by atoms with van der Waals surface area (Å²) in [6, 6.07) is 0. The van der Waals surface area contributed by atoms with E-state index in [1.165, 1.54) is 19.3 Å². The van der Waals surface area contributed by atoms with Gasteiger partial charge in [-0.1, -0.05) is 20.3 Å². The molecular weight excluding hydrogens is 150 g/mol. The monoisotopic (exact) mass is 167 g/mol. The van der Waals surface area contributed by atoms with Gasteiger partial charge in [-0.3, -0.25) is 4.99 Å². The van der Waals surface area contributed by atoms with Crippen LogP contribution >= 0.6 is 0 Å². The number of aliphatic imine (C=N–C) groups is 1. The van der Waals surface area contributed by atoms with Crippen molar-refractivity contribution in [2.75, 3.05) is 6.54 Å². The normalized spacial score (nSPS) is 41.7. The summed E-state index contributed by atoms with van der Waals surface area (Å²) in [5, 5.41) is 0. The molecule has 1 spiro atoms. The number of rotatable bonds is 2. The average Bonchev–Trinajstić information content (AvgIpc) is 2.80. The molecule has 1 fully saturated rings. The van der Waals surface area contributed by atoms with E-state index in [9.17, 15) is 0 Å². The van der Waals surface area contributed by atoms with Gasteiger partial charge in [-0.25, -0.2) is 0 Å². The van der Waals surface area contributed by atoms with E-state index < -0.39 is 0 Å². The highest BCUT2D eigenvalue weighted by Gasteiger charge is 2.57. The minimum absolute atomic E-state index is 0.0771. The first-order chi connectivity index (χ1) is 5.78. The second-order valence-electron chi connectivity index (χ2n) is 4.02. The van der Waals surface area contributed by atoms with Crippen LogP contribution in [0.1, 0.15) is 33.1 Å². The summed E-state index contributed by atoms with van der Waals surface area (Å²) in [7, 11) is 0. The van der Waals surface area contributed by atoms with Crippen molar-refractivity contribution >= 4 is 6.21 Å². The molecule has 2 heteroatoms. The first-order valence-electron chi connectivity index (χ1n) is 4.97. The van der Waals surface area contributed by atoms with Gasteiger partial charge in [0.15, 0.2) is 0 Å². The Labute approximate surface area is 74.0 Å². The summed E-state index contributed by atoms with van der Waals surface area (Å²) in [6.45, 7) is 5.49. The van der Waals surface area contributed by atoms with Crippen molar-refractivity contribution in [2.45, 2.75) is 44.8 Å². The number of nitrogens with zero attached hydrogens (tertiary/aromatic N) is 1. The number of hydrogen-bond acceptors (Lipinski definition) is 2. The number of hydrogen-bond donors (Lipinski definition) is 0. The molecule has 0 aromatic rings. The number of ether oxygens (including phenoxy) is 1. The average molecular weight is 167 g/mol. The van der Waals surface area contributed by atoms with Gasteiger partial charge in [0.2, 0.25) is 0 Å². The van der Waals surface area contributed by atoms with E-state index in [1.807, 2.05) is 6.21 Å². The van der Waals surface area contributed by atoms with Crippen LogP contribution in [0.3, 0.4) is 0 Å². The Morgan fingerprint density at radius 3 is 3.17 bits per heavy atom. The van der Waals surface area contributed by atoms with Crippen LogP contribution in [0.5, 0.6) is 0 Å². The molecule has 2 heterocycles. The molecule has 0 aromatic heterocycles. The summed E-state index contributed by atoms with van der Waals surface area (Å²) < 4.78 is 5.75. The summed E-state index contributed by atoms with van der Waals surface area (Å²) in [5.41, 5.74) is 0.0771. The number of epoxide rings is 1. The SMILES string of the molecule is CCC(C)C1OC12C=NCCC2. The van der Waals surface area contributed by atoms with Crippen LogP contribution in [-0.4, -0.2) is 24.5 Å². The zero-order valence-corrected chi connectivity index (χ0v) is 7.92. The van der Waals surface area contributed by atoms with Gasteiger partial charge >= 0.3 is 0 Å². The van der Waals surface area contributed by atoms with E-state index in [1.54, 1.807) is 0 Å². The summed E-state index contributed by atoms with van der Waals surface area (Å²) >= 11 is 0. The standard InChI is InChI=1S/C10H17NO/c1-3-8(2)9-10(12-9)5-4-6-11-7-10/h7-9H,3-6H2,1-2H3. The van der Waals surface area contributed by atoms with Crippen molar-refractivity contribution in [3.63, 3.8) is 0 Å². The van der Waals surface area contributed by atoms with Gasteiger partial charge in [0.25, 0.3) is 0 Å². The largest absolute Gasteiger partial charge is 0.360 e. The lowest BCUT2D eigenvalue weighted by Crippen LogP contribution is -2.24. The van der Waals surface area contributed by atoms with Crippen LogP contribution in [-0.2, 0) is 4.74 Å². The molecule has 2 nitrogen and oxygen atoms in total. The maximum atomic E-state index is 5.75. The maximum absolute atomic E-state index is 5.75. The molecule has 0 bridgehead atoms. The molecule has 0 N–H and O–H groups in total. The molecule has 0 amide bonds. The van der Waals surface area contributed by atoms with Gasteiger partial charge in [0.05, 0.1) is 6.10 Å². The Kier molecular flexibility index (Phi) is 1.95. The first kappa shape index (κ1) is 8.24. The molecule has 2 aliphatic rings. The van der Waals surface area contributed by atoms with Gasteiger partial charge in [-0.05, 0) is 18.8 Å². The van der Waals surface area contributed by atoms with Crippen LogP contribution in [0.15, 0.2) is 4.99 Å². The second kappa shape index (κ2) is 2.84. The lowest BCUT2D eigenvalue weighted by Gasteiger charge is -2.13. The smallest absolute Gasteiger partial charge is 0.130 e. The summed E-state index contributed by atoms with van der Waals surface area (Å²) in [6.07, 6.45) is 6.11. The maximum Gasteiger partial charge on any atom is 0.130 e. The minimum Gasteiger partial charge on any atom is -0.360 e. The van der Waals surface area contributed by atoms with Gasteiger partial charge < -0.3 is 4.74 Å². The van der Waals surface area contributed by atoms with E-state index in [0.29, 0.717) is 12.0 Å². The Bertz CT molecular complexity index is 202. The Morgan fingerprint density at radius 2 is 2.58 bits per heavy atom. The molecule has 0 aliphatic carbocycles. The predicted molar refractivity (Wildman–Crippen MR) is 49.7 cm³/mol. The second-order valence-corrected chi connectivity index (χ2v) is 4.02. The lowest BCUT2D eigenvalue weighted by atomic mass is 9.90. The molecule has 12 heavy (non-hydrogen) atoms. The molecule has 0 aromatic carbocycles. The molecule has 3 unspecified atom stereocenters. The highest BCUT2D eigenvalue weighted by molar-refractivity contribution is 5.74. The van der Waals surface area contributed by atoms with Gasteiger partial charge in [0, 0.05) is 12.8 Å². The quantitative estimate of drug-likeness (QED) is 0.578. The lowest BCUT2D eigenvalue weighted by molar-refractivity contribution is 0.299. The van der Waals surface area contributed by atoms with E-state index in [2.05, 4.69) is 18.8 Å². The fraction of sp³-hybridized carbons (Fsp3) is 0.900. The van der Waals surface area contributed by atoms with Crippen LogP contribution in [0.4, 0.5) is 0 Å². The first-order valence-corrected chi connectivity index (χ1v) is 4.97. The van der Waals surface area contributed by atoms with Gasteiger partial charge in [-0.15, -0.1) is 0 Å². The third kappa shape index (κ3) is 1.18. The molecule has 3 atom stereocenters. The fourth-order valence-corrected chi connectivity index (χ4v) is 2.05. The molecule has 2 aliphatic heterocycles. The van der Waals surface area contributed by atoms with Crippen LogP contribution < -0.4 is 0 Å². The molecule has 68 valence electrons. The third-order valence-electron chi connectivity index (χ3n) is 3.10. The Hall–Kier alpha value is -0.370. The topological polar surface area (TPSA) is 24.9 Å². The molecule has 2 rings (SSSR count). The van der Waals surface area contributed by atoms with Crippen LogP contribution in [0.25, 0.3) is 0 Å². The van der Waals surface area contributed by atoms with Crippen molar-refractivity contribution in [1.82, 2.24) is 0 Å². The minimum atomic E-state index is 0.0771. The molecule has 0 radical (unpaired) electrons. The van der Waals surface area contributed by atoms with E-state index >= 15 is 0 Å². The van der Waals surface area contributed by atoms with Gasteiger partial charge in [0.1, 0.15) is 5.60 Å². The fourth-order valence-electron chi connectivity index (χ4n) is 2.05. The predicted octanol–water partition coefficient (Wildman–Crippen LogP) is 2.03. The van der Waals surface area contributed by atoms with Crippen LogP contribution in [0, 0.1) is 5.92 Å². The molecule has 0 saturated carbocycles. The Morgan fingerprint density at radius 1 is 1.75 bits per heavy atom. The van der Waals surface area contributed by atoms with E-state index in [4.69, 9.17) is 4.74 Å². The van der Waals surface area contributed by atoms with Gasteiger partial charge in [-0.2, -0.15) is 0 Å². The zero-order valence-electron chi connectivity index (χ0n) is 7.92. The highest BCUT2D eigenvalue weighted by atomic mass is 16.6. The van der Waals surface area contributed by atoms with Crippen molar-refractivity contribution in [2.24, 2.45) is 10.9 Å². The van der Waals surface area contributed by atoms with Crippen molar-refractivity contribution < 1.29 is 4.74 Å². The van der Waals surface area contributed by atoms with Crippen LogP contribution in [0.2, 0.25) is 0 Å². The van der Waals surface area contributed by atoms with Crippen molar-refractivity contribution in [3.05, 3.63) is 0 Å². The highest BCUT2D eigenvalue weighted by Crippen LogP contribution is 2.45. The summed E-state index contributed by atoms with van der Waals surface area (Å²) in [4.78, 5) is 4.31. The molecular formula is C10H17NO. The zero-order chi connectivity index (χ0) is 8.60. The Balaban J connectivity index is 1.99. The van der Waals surface area contributed by atoms with E-state index in [-0.39, 0.29) is 5.60 Å². The third-order valence-corrected chi connectivity index (χ3v) is 3.10. The van der Waals surface area contributed by atoms with Crippen molar-refractivity contribution in [1.29, 1.82) is 0 Å². The molecule has 1 saturated heterocycles. The van der Waals surface area contributed by atoms with Crippen molar-refractivity contribution in [3.8, 4) is 0 Å². The van der Waals surface area contributed by atoms with E-state index in [0.717, 1.165) is 6.54 Å². The summed E-state index contributed by atoms with van der Waals surface area (Å²) in [5.74, 6) is 0.689.